The number of carbonyl (C=O) groups is 1. The van der Waals surface area contributed by atoms with Crippen molar-refractivity contribution in [2.75, 3.05) is 14.2 Å². The molecule has 0 spiro atoms. The van der Waals surface area contributed by atoms with Crippen LogP contribution in [0.1, 0.15) is 52.4 Å². The fraction of sp³-hybridized carbons (Fsp3) is 0.609. The van der Waals surface area contributed by atoms with Gasteiger partial charge in [-0.05, 0) is 37.2 Å². The van der Waals surface area contributed by atoms with E-state index in [0.717, 1.165) is 12.8 Å². The number of H-pyrrole nitrogens is 1. The molecule has 8 heteroatoms. The standard InChI is InChI=1S/C23H33N3O5/c1-14-8-7-9-17(15(14)2)24-21(27)10-5-6-11-26-22(28)16-12-19(30-3)20(31-4)13-18(16)25-23(26)29/h12-15,17H,5-11H2,1-4H3,(H,24,27)(H,25,29). The van der Waals surface area contributed by atoms with Gasteiger partial charge in [0.2, 0.25) is 5.91 Å². The SMILES string of the molecule is COc1cc2[nH]c(=O)n(CCCCC(=O)NC3CCCC(C)C3C)c(=O)c2cc1OC. The largest absolute Gasteiger partial charge is 0.493 e. The summed E-state index contributed by atoms with van der Waals surface area (Å²) in [6, 6.07) is 3.40. The Morgan fingerprint density at radius 3 is 2.55 bits per heavy atom. The van der Waals surface area contributed by atoms with Crippen LogP contribution in [-0.4, -0.2) is 35.7 Å². The minimum absolute atomic E-state index is 0.0440. The number of hydrogen-bond acceptors (Lipinski definition) is 5. The molecular formula is C23H33N3O5. The lowest BCUT2D eigenvalue weighted by molar-refractivity contribution is -0.122. The third kappa shape index (κ3) is 5.11. The number of aromatic nitrogens is 2. The Kier molecular flexibility index (Phi) is 7.41. The monoisotopic (exact) mass is 431 g/mol. The predicted octanol–water partition coefficient (Wildman–Crippen LogP) is 2.82. The van der Waals surface area contributed by atoms with Crippen LogP contribution < -0.4 is 26.0 Å². The van der Waals surface area contributed by atoms with Crippen LogP contribution in [-0.2, 0) is 11.3 Å². The normalized spacial score (nSPS) is 21.1. The summed E-state index contributed by atoms with van der Waals surface area (Å²) in [6.45, 7) is 4.70. The van der Waals surface area contributed by atoms with Crippen molar-refractivity contribution in [2.45, 2.75) is 65.0 Å². The van der Waals surface area contributed by atoms with E-state index < -0.39 is 5.69 Å². The summed E-state index contributed by atoms with van der Waals surface area (Å²) in [5.41, 5.74) is -0.451. The number of nitrogens with one attached hydrogen (secondary N) is 2. The lowest BCUT2D eigenvalue weighted by Gasteiger charge is -2.34. The van der Waals surface area contributed by atoms with Crippen molar-refractivity contribution in [1.29, 1.82) is 0 Å². The summed E-state index contributed by atoms with van der Waals surface area (Å²) >= 11 is 0. The Hall–Kier alpha value is -2.77. The first kappa shape index (κ1) is 22.9. The van der Waals surface area contributed by atoms with Gasteiger partial charge in [0.05, 0.1) is 25.1 Å². The van der Waals surface area contributed by atoms with Gasteiger partial charge in [-0.3, -0.25) is 14.2 Å². The molecule has 1 amide bonds. The van der Waals surface area contributed by atoms with Gasteiger partial charge < -0.3 is 19.8 Å². The van der Waals surface area contributed by atoms with E-state index in [1.165, 1.54) is 25.2 Å². The van der Waals surface area contributed by atoms with Crippen molar-refractivity contribution < 1.29 is 14.3 Å². The van der Waals surface area contributed by atoms with Crippen LogP contribution in [0.25, 0.3) is 10.9 Å². The van der Waals surface area contributed by atoms with Gasteiger partial charge in [-0.2, -0.15) is 0 Å². The fourth-order valence-electron chi connectivity index (χ4n) is 4.40. The molecule has 2 N–H and O–H groups in total. The van der Waals surface area contributed by atoms with E-state index in [9.17, 15) is 14.4 Å². The molecule has 0 radical (unpaired) electrons. The quantitative estimate of drug-likeness (QED) is 0.626. The highest BCUT2D eigenvalue weighted by atomic mass is 16.5. The molecule has 2 aromatic rings. The molecule has 3 unspecified atom stereocenters. The number of methoxy groups -OCH3 is 2. The number of nitrogens with zero attached hydrogens (tertiary/aromatic N) is 1. The smallest absolute Gasteiger partial charge is 0.328 e. The molecule has 3 rings (SSSR count). The predicted molar refractivity (Wildman–Crippen MR) is 120 cm³/mol. The van der Waals surface area contributed by atoms with Crippen molar-refractivity contribution in [3.63, 3.8) is 0 Å². The highest BCUT2D eigenvalue weighted by Crippen LogP contribution is 2.30. The molecule has 1 aromatic carbocycles. The van der Waals surface area contributed by atoms with Crippen molar-refractivity contribution in [2.24, 2.45) is 11.8 Å². The Morgan fingerprint density at radius 2 is 1.84 bits per heavy atom. The van der Waals surface area contributed by atoms with Crippen molar-refractivity contribution in [3.8, 4) is 11.5 Å². The van der Waals surface area contributed by atoms with Crippen molar-refractivity contribution >= 4 is 16.8 Å². The molecule has 1 aliphatic rings. The Morgan fingerprint density at radius 1 is 1.13 bits per heavy atom. The number of ether oxygens (including phenoxy) is 2. The zero-order valence-electron chi connectivity index (χ0n) is 18.8. The molecule has 8 nitrogen and oxygen atoms in total. The first-order valence-corrected chi connectivity index (χ1v) is 11.0. The first-order chi connectivity index (χ1) is 14.8. The molecule has 0 aliphatic heterocycles. The van der Waals surface area contributed by atoms with Gasteiger partial charge in [0.1, 0.15) is 0 Å². The molecule has 0 bridgehead atoms. The van der Waals surface area contributed by atoms with Gasteiger partial charge >= 0.3 is 5.69 Å². The number of amides is 1. The number of rotatable bonds is 8. The van der Waals surface area contributed by atoms with Gasteiger partial charge in [0.25, 0.3) is 5.56 Å². The van der Waals surface area contributed by atoms with E-state index in [2.05, 4.69) is 24.1 Å². The van der Waals surface area contributed by atoms with Gasteiger partial charge in [-0.15, -0.1) is 0 Å². The summed E-state index contributed by atoms with van der Waals surface area (Å²) < 4.78 is 11.7. The van der Waals surface area contributed by atoms with E-state index in [-0.39, 0.29) is 24.1 Å². The Labute approximate surface area is 181 Å². The minimum Gasteiger partial charge on any atom is -0.493 e. The third-order valence-electron chi connectivity index (χ3n) is 6.57. The molecule has 0 saturated heterocycles. The highest BCUT2D eigenvalue weighted by molar-refractivity contribution is 5.81. The number of unbranched alkanes of at least 4 members (excludes halogenated alkanes) is 1. The van der Waals surface area contributed by atoms with E-state index in [4.69, 9.17) is 9.47 Å². The fourth-order valence-corrected chi connectivity index (χ4v) is 4.40. The second-order valence-electron chi connectivity index (χ2n) is 8.54. The lowest BCUT2D eigenvalue weighted by Crippen LogP contribution is -2.43. The third-order valence-corrected chi connectivity index (χ3v) is 6.57. The van der Waals surface area contributed by atoms with E-state index in [0.29, 0.717) is 53.5 Å². The maximum atomic E-state index is 12.8. The summed E-state index contributed by atoms with van der Waals surface area (Å²) in [5.74, 6) is 2.03. The van der Waals surface area contributed by atoms with Crippen LogP contribution in [0.3, 0.4) is 0 Å². The highest BCUT2D eigenvalue weighted by Gasteiger charge is 2.27. The zero-order chi connectivity index (χ0) is 22.5. The van der Waals surface area contributed by atoms with Crippen LogP contribution in [0.5, 0.6) is 11.5 Å². The molecular weight excluding hydrogens is 398 g/mol. The summed E-state index contributed by atoms with van der Waals surface area (Å²) in [4.78, 5) is 40.3. The topological polar surface area (TPSA) is 102 Å². The summed E-state index contributed by atoms with van der Waals surface area (Å²) in [6.07, 6.45) is 4.97. The minimum atomic E-state index is -0.473. The number of aromatic amines is 1. The second kappa shape index (κ2) is 10.0. The van der Waals surface area contributed by atoms with Crippen LogP contribution >= 0.6 is 0 Å². The maximum absolute atomic E-state index is 12.8. The molecule has 31 heavy (non-hydrogen) atoms. The van der Waals surface area contributed by atoms with E-state index in [1.54, 1.807) is 12.1 Å². The molecule has 1 aliphatic carbocycles. The van der Waals surface area contributed by atoms with Crippen molar-refractivity contribution in [1.82, 2.24) is 14.9 Å². The van der Waals surface area contributed by atoms with Gasteiger partial charge in [-0.1, -0.05) is 26.7 Å². The van der Waals surface area contributed by atoms with Gasteiger partial charge in [0, 0.05) is 25.1 Å². The zero-order valence-corrected chi connectivity index (χ0v) is 18.8. The van der Waals surface area contributed by atoms with Gasteiger partial charge in [0.15, 0.2) is 11.5 Å². The maximum Gasteiger partial charge on any atom is 0.328 e. The average molecular weight is 432 g/mol. The lowest BCUT2D eigenvalue weighted by atomic mass is 9.78. The first-order valence-electron chi connectivity index (χ1n) is 11.0. The Bertz CT molecular complexity index is 1040. The molecule has 170 valence electrons. The number of fused-ring (bicyclic) bond motifs is 1. The Balaban J connectivity index is 1.61. The molecule has 1 heterocycles. The molecule has 1 fully saturated rings. The van der Waals surface area contributed by atoms with Crippen LogP contribution in [0.15, 0.2) is 21.7 Å². The average Bonchev–Trinajstić information content (AvgIpc) is 2.75. The second-order valence-corrected chi connectivity index (χ2v) is 8.54. The van der Waals surface area contributed by atoms with Crippen molar-refractivity contribution in [3.05, 3.63) is 33.0 Å². The summed E-state index contributed by atoms with van der Waals surface area (Å²) in [7, 11) is 2.99. The van der Waals surface area contributed by atoms with E-state index >= 15 is 0 Å². The number of benzene rings is 1. The number of carbonyl (C=O) groups excluding carboxylic acids is 1. The molecule has 3 atom stereocenters. The van der Waals surface area contributed by atoms with Crippen LogP contribution in [0, 0.1) is 11.8 Å². The van der Waals surface area contributed by atoms with Crippen LogP contribution in [0.4, 0.5) is 0 Å². The molecule has 1 saturated carbocycles. The summed E-state index contributed by atoms with van der Waals surface area (Å²) in [5, 5.41) is 3.52. The van der Waals surface area contributed by atoms with Gasteiger partial charge in [-0.25, -0.2) is 4.79 Å². The van der Waals surface area contributed by atoms with Crippen LogP contribution in [0.2, 0.25) is 0 Å². The molecule has 1 aromatic heterocycles. The van der Waals surface area contributed by atoms with E-state index in [1.807, 2.05) is 0 Å². The number of hydrogen-bond donors (Lipinski definition) is 2.